The number of nitrogens with zero attached hydrogens (tertiary/aromatic N) is 1. The molecular formula is C12H30N2O8. The summed E-state index contributed by atoms with van der Waals surface area (Å²) in [7, 11) is 0. The van der Waals surface area contributed by atoms with Gasteiger partial charge in [0.2, 0.25) is 0 Å². The van der Waals surface area contributed by atoms with E-state index in [9.17, 15) is 0 Å². The van der Waals surface area contributed by atoms with Gasteiger partial charge in [-0.1, -0.05) is 24.2 Å². The number of hydrogen-bond acceptors (Lipinski definition) is 10. The first-order valence-electron chi connectivity index (χ1n) is 7.22. The average molecular weight is 330 g/mol. The van der Waals surface area contributed by atoms with Crippen molar-refractivity contribution in [2.45, 2.75) is 19.8 Å². The van der Waals surface area contributed by atoms with Crippen LogP contribution >= 0.6 is 0 Å². The number of unbranched alkanes of at least 4 members (excludes halogenated alkanes) is 1. The lowest BCUT2D eigenvalue weighted by Gasteiger charge is -2.19. The van der Waals surface area contributed by atoms with E-state index in [0.29, 0.717) is 6.54 Å². The number of rotatable bonds is 15. The summed E-state index contributed by atoms with van der Waals surface area (Å²) in [6, 6.07) is 0. The molecule has 0 unspecified atom stereocenters. The Kier molecular flexibility index (Phi) is 24.8. The van der Waals surface area contributed by atoms with Crippen molar-refractivity contribution in [1.29, 1.82) is 0 Å². The summed E-state index contributed by atoms with van der Waals surface area (Å²) >= 11 is 0. The van der Waals surface area contributed by atoms with Crippen molar-refractivity contribution in [2.24, 2.45) is 0 Å². The molecule has 0 fully saturated rings. The van der Waals surface area contributed by atoms with Crippen LogP contribution in [-0.4, -0.2) is 85.1 Å². The Labute approximate surface area is 131 Å². The molecule has 0 aliphatic carbocycles. The van der Waals surface area contributed by atoms with Crippen molar-refractivity contribution in [3.63, 3.8) is 0 Å². The van der Waals surface area contributed by atoms with Crippen molar-refractivity contribution in [1.82, 2.24) is 10.9 Å². The number of aliphatic hydroxyl groups is 4. The minimum absolute atomic E-state index is 0.0366. The molecule has 10 heteroatoms. The third kappa shape index (κ3) is 21.9. The molecule has 0 aromatic rings. The SMILES string of the molecule is CCCCN(OCCO)OCCO.OCCONOCCO. The van der Waals surface area contributed by atoms with Gasteiger partial charge in [0.05, 0.1) is 59.4 Å². The molecule has 0 aliphatic heterocycles. The van der Waals surface area contributed by atoms with Crippen LogP contribution in [0.15, 0.2) is 0 Å². The summed E-state index contributed by atoms with van der Waals surface area (Å²) in [5.74, 6) is 0. The zero-order valence-electron chi connectivity index (χ0n) is 13.1. The second-order valence-electron chi connectivity index (χ2n) is 3.75. The quantitative estimate of drug-likeness (QED) is 0.176. The van der Waals surface area contributed by atoms with Gasteiger partial charge < -0.3 is 20.4 Å². The third-order valence-electron chi connectivity index (χ3n) is 1.85. The fourth-order valence-corrected chi connectivity index (χ4v) is 0.955. The Morgan fingerprint density at radius 1 is 0.773 bits per heavy atom. The van der Waals surface area contributed by atoms with Crippen LogP contribution < -0.4 is 5.64 Å². The maximum absolute atomic E-state index is 8.51. The second kappa shape index (κ2) is 22.9. The molecule has 0 aliphatic rings. The summed E-state index contributed by atoms with van der Waals surface area (Å²) in [6.45, 7) is 3.30. The van der Waals surface area contributed by atoms with Gasteiger partial charge in [0, 0.05) is 0 Å². The van der Waals surface area contributed by atoms with Gasteiger partial charge in [-0.3, -0.25) is 19.4 Å². The minimum atomic E-state index is -0.0600. The largest absolute Gasteiger partial charge is 0.394 e. The zero-order valence-corrected chi connectivity index (χ0v) is 13.1. The summed E-state index contributed by atoms with van der Waals surface area (Å²) < 4.78 is 0. The van der Waals surface area contributed by atoms with Gasteiger partial charge in [-0.05, 0) is 6.42 Å². The van der Waals surface area contributed by atoms with Crippen LogP contribution in [0, 0.1) is 0 Å². The van der Waals surface area contributed by atoms with E-state index in [1.165, 1.54) is 5.23 Å². The number of hydrogen-bond donors (Lipinski definition) is 5. The Hall–Kier alpha value is -0.400. The van der Waals surface area contributed by atoms with E-state index in [1.807, 2.05) is 0 Å². The molecule has 22 heavy (non-hydrogen) atoms. The third-order valence-corrected chi connectivity index (χ3v) is 1.85. The highest BCUT2D eigenvalue weighted by Gasteiger charge is 2.04. The van der Waals surface area contributed by atoms with E-state index in [-0.39, 0.29) is 52.9 Å². The molecule has 0 rings (SSSR count). The summed E-state index contributed by atoms with van der Waals surface area (Å²) in [6.07, 6.45) is 2.00. The fraction of sp³-hybridized carbons (Fsp3) is 1.00. The Morgan fingerprint density at radius 2 is 1.23 bits per heavy atom. The van der Waals surface area contributed by atoms with Crippen LogP contribution in [-0.2, 0) is 19.4 Å². The normalized spacial score (nSPS) is 10.6. The minimum Gasteiger partial charge on any atom is -0.394 e. The van der Waals surface area contributed by atoms with Crippen molar-refractivity contribution in [3.8, 4) is 0 Å². The van der Waals surface area contributed by atoms with Gasteiger partial charge in [0.1, 0.15) is 0 Å². The van der Waals surface area contributed by atoms with Gasteiger partial charge in [-0.25, -0.2) is 0 Å². The molecule has 0 radical (unpaired) electrons. The molecule has 5 N–H and O–H groups in total. The van der Waals surface area contributed by atoms with Crippen molar-refractivity contribution in [3.05, 3.63) is 0 Å². The molecule has 0 saturated carbocycles. The highest BCUT2D eigenvalue weighted by Crippen LogP contribution is 1.97. The van der Waals surface area contributed by atoms with E-state index < -0.39 is 0 Å². The van der Waals surface area contributed by atoms with E-state index in [4.69, 9.17) is 30.1 Å². The molecule has 136 valence electrons. The second-order valence-corrected chi connectivity index (χ2v) is 3.75. The Balaban J connectivity index is 0. The maximum atomic E-state index is 8.51. The molecule has 0 aromatic heterocycles. The van der Waals surface area contributed by atoms with Crippen LogP contribution in [0.2, 0.25) is 0 Å². The molecular weight excluding hydrogens is 300 g/mol. The van der Waals surface area contributed by atoms with E-state index >= 15 is 0 Å². The van der Waals surface area contributed by atoms with Crippen LogP contribution in [0.1, 0.15) is 19.8 Å². The fourth-order valence-electron chi connectivity index (χ4n) is 0.955. The molecule has 0 amide bonds. The molecule has 0 bridgehead atoms. The van der Waals surface area contributed by atoms with Crippen molar-refractivity contribution >= 4 is 0 Å². The monoisotopic (exact) mass is 330 g/mol. The summed E-state index contributed by atoms with van der Waals surface area (Å²) in [5.41, 5.74) is 2.07. The lowest BCUT2D eigenvalue weighted by atomic mass is 10.3. The van der Waals surface area contributed by atoms with Crippen molar-refractivity contribution < 1.29 is 39.8 Å². The zero-order chi connectivity index (χ0) is 16.9. The number of aliphatic hydroxyl groups excluding tert-OH is 4. The first-order valence-corrected chi connectivity index (χ1v) is 7.22. The van der Waals surface area contributed by atoms with Crippen LogP contribution in [0.25, 0.3) is 0 Å². The van der Waals surface area contributed by atoms with E-state index in [1.54, 1.807) is 0 Å². The highest BCUT2D eigenvalue weighted by molar-refractivity contribution is 4.35. The predicted molar refractivity (Wildman–Crippen MR) is 76.9 cm³/mol. The van der Waals surface area contributed by atoms with Crippen LogP contribution in [0.3, 0.4) is 0 Å². The molecule has 10 nitrogen and oxygen atoms in total. The van der Waals surface area contributed by atoms with Gasteiger partial charge in [-0.15, -0.1) is 0 Å². The van der Waals surface area contributed by atoms with Crippen LogP contribution in [0.5, 0.6) is 0 Å². The van der Waals surface area contributed by atoms with Gasteiger partial charge in [0.25, 0.3) is 0 Å². The van der Waals surface area contributed by atoms with Gasteiger partial charge in [-0.2, -0.15) is 0 Å². The highest BCUT2D eigenvalue weighted by atomic mass is 16.9. The molecule has 0 saturated heterocycles. The van der Waals surface area contributed by atoms with Crippen LogP contribution in [0.4, 0.5) is 0 Å². The smallest absolute Gasteiger partial charge is 0.0942 e. The van der Waals surface area contributed by atoms with Gasteiger partial charge in [0.15, 0.2) is 0 Å². The first-order chi connectivity index (χ1) is 10.8. The summed E-state index contributed by atoms with van der Waals surface area (Å²) in [5, 5.41) is 34.6. The van der Waals surface area contributed by atoms with Crippen molar-refractivity contribution in [2.75, 3.05) is 59.4 Å². The standard InChI is InChI=1S/C8H19NO4.C4H11NO4/c1-2-3-4-9(12-7-5-10)13-8-6-11;6-1-3-8-5-9-4-2-7/h10-11H,2-8H2,1H3;5-7H,1-4H2. The number of hydroxylamine groups is 2. The molecule has 0 aromatic carbocycles. The first kappa shape index (κ1) is 23.9. The lowest BCUT2D eigenvalue weighted by molar-refractivity contribution is -0.371. The summed E-state index contributed by atoms with van der Waals surface area (Å²) in [4.78, 5) is 19.0. The van der Waals surface area contributed by atoms with E-state index in [0.717, 1.165) is 12.8 Å². The van der Waals surface area contributed by atoms with E-state index in [2.05, 4.69) is 22.2 Å². The molecule has 0 heterocycles. The Morgan fingerprint density at radius 3 is 1.59 bits per heavy atom. The Bertz CT molecular complexity index is 165. The van der Waals surface area contributed by atoms with Gasteiger partial charge >= 0.3 is 0 Å². The molecule has 0 atom stereocenters. The molecule has 0 spiro atoms. The maximum Gasteiger partial charge on any atom is 0.0942 e. The average Bonchev–Trinajstić information content (AvgIpc) is 2.55. The number of nitrogens with one attached hydrogen (secondary N) is 1. The topological polar surface area (TPSA) is 133 Å². The lowest BCUT2D eigenvalue weighted by Crippen LogP contribution is -2.28. The predicted octanol–water partition coefficient (Wildman–Crippen LogP) is -1.64.